The smallest absolute Gasteiger partial charge is 0.270 e. The van der Waals surface area contributed by atoms with Gasteiger partial charge < -0.3 is 10.6 Å². The average molecular weight is 360 g/mol. The van der Waals surface area contributed by atoms with Crippen molar-refractivity contribution in [2.45, 2.75) is 33.4 Å². The molecule has 0 aliphatic carbocycles. The van der Waals surface area contributed by atoms with Crippen LogP contribution >= 0.6 is 0 Å². The molecule has 5 heteroatoms. The monoisotopic (exact) mass is 360 g/mol. The second kappa shape index (κ2) is 8.45. The summed E-state index contributed by atoms with van der Waals surface area (Å²) in [7, 11) is 0. The molecule has 138 valence electrons. The summed E-state index contributed by atoms with van der Waals surface area (Å²) in [6.45, 7) is 6.40. The predicted octanol–water partition coefficient (Wildman–Crippen LogP) is 4.20. The molecule has 0 saturated heterocycles. The van der Waals surface area contributed by atoms with Crippen LogP contribution in [0.3, 0.4) is 0 Å². The molecule has 3 aromatic rings. The van der Waals surface area contributed by atoms with Gasteiger partial charge in [0.2, 0.25) is 5.95 Å². The van der Waals surface area contributed by atoms with Crippen molar-refractivity contribution in [1.82, 2.24) is 15.3 Å². The lowest BCUT2D eigenvalue weighted by atomic mass is 10.1. The van der Waals surface area contributed by atoms with Crippen molar-refractivity contribution in [2.75, 3.05) is 5.32 Å². The number of hydrogen-bond acceptors (Lipinski definition) is 4. The SMILES string of the molecule is Cc1cccc(CNC(=O)c2cc(C)nc(NC(C)c3ccccc3)n2)c1. The molecule has 1 unspecified atom stereocenters. The zero-order valence-corrected chi connectivity index (χ0v) is 15.9. The molecule has 27 heavy (non-hydrogen) atoms. The third kappa shape index (κ3) is 5.14. The van der Waals surface area contributed by atoms with E-state index in [0.717, 1.165) is 16.8 Å². The first-order chi connectivity index (χ1) is 13.0. The molecule has 3 rings (SSSR count). The number of hydrogen-bond donors (Lipinski definition) is 2. The van der Waals surface area contributed by atoms with Gasteiger partial charge in [0.25, 0.3) is 5.91 Å². The summed E-state index contributed by atoms with van der Waals surface area (Å²) in [5.41, 5.74) is 4.46. The Bertz CT molecular complexity index is 925. The maximum atomic E-state index is 12.5. The van der Waals surface area contributed by atoms with Gasteiger partial charge in [-0.2, -0.15) is 0 Å². The van der Waals surface area contributed by atoms with Gasteiger partial charge in [0.15, 0.2) is 0 Å². The highest BCUT2D eigenvalue weighted by Gasteiger charge is 2.12. The number of nitrogens with one attached hydrogen (secondary N) is 2. The van der Waals surface area contributed by atoms with Crippen molar-refractivity contribution in [1.29, 1.82) is 0 Å². The van der Waals surface area contributed by atoms with Gasteiger partial charge in [0.1, 0.15) is 5.69 Å². The second-order valence-corrected chi connectivity index (χ2v) is 6.67. The predicted molar refractivity (Wildman–Crippen MR) is 108 cm³/mol. The molecule has 0 aliphatic rings. The van der Waals surface area contributed by atoms with E-state index >= 15 is 0 Å². The van der Waals surface area contributed by atoms with Gasteiger partial charge in [-0.1, -0.05) is 60.2 Å². The number of benzene rings is 2. The Kier molecular flexibility index (Phi) is 5.81. The molecule has 1 heterocycles. The summed E-state index contributed by atoms with van der Waals surface area (Å²) in [6.07, 6.45) is 0. The molecule has 0 bridgehead atoms. The van der Waals surface area contributed by atoms with Crippen LogP contribution in [-0.2, 0) is 6.54 Å². The zero-order chi connectivity index (χ0) is 19.2. The summed E-state index contributed by atoms with van der Waals surface area (Å²) < 4.78 is 0. The van der Waals surface area contributed by atoms with Crippen LogP contribution in [-0.4, -0.2) is 15.9 Å². The van der Waals surface area contributed by atoms with Crippen LogP contribution in [0.5, 0.6) is 0 Å². The largest absolute Gasteiger partial charge is 0.348 e. The Morgan fingerprint density at radius 3 is 2.52 bits per heavy atom. The Hall–Kier alpha value is -3.21. The summed E-state index contributed by atoms with van der Waals surface area (Å²) in [5.74, 6) is 0.240. The summed E-state index contributed by atoms with van der Waals surface area (Å²) in [6, 6.07) is 19.9. The van der Waals surface area contributed by atoms with Crippen molar-refractivity contribution >= 4 is 11.9 Å². The highest BCUT2D eigenvalue weighted by atomic mass is 16.1. The quantitative estimate of drug-likeness (QED) is 0.691. The molecule has 2 N–H and O–H groups in total. The van der Waals surface area contributed by atoms with E-state index < -0.39 is 0 Å². The minimum Gasteiger partial charge on any atom is -0.348 e. The number of anilines is 1. The number of aryl methyl sites for hydroxylation is 2. The Morgan fingerprint density at radius 1 is 1.00 bits per heavy atom. The number of carbonyl (C=O) groups is 1. The van der Waals surface area contributed by atoms with E-state index in [-0.39, 0.29) is 11.9 Å². The third-order valence-corrected chi connectivity index (χ3v) is 4.27. The average Bonchev–Trinajstić information content (AvgIpc) is 2.66. The van der Waals surface area contributed by atoms with Gasteiger partial charge >= 0.3 is 0 Å². The highest BCUT2D eigenvalue weighted by molar-refractivity contribution is 5.92. The van der Waals surface area contributed by atoms with E-state index in [1.165, 1.54) is 5.56 Å². The van der Waals surface area contributed by atoms with Gasteiger partial charge in [-0.05, 0) is 38.0 Å². The third-order valence-electron chi connectivity index (χ3n) is 4.27. The number of rotatable bonds is 6. The van der Waals surface area contributed by atoms with Crippen LogP contribution in [0.2, 0.25) is 0 Å². The number of aromatic nitrogens is 2. The van der Waals surface area contributed by atoms with Crippen molar-refractivity contribution < 1.29 is 4.79 Å². The molecule has 1 atom stereocenters. The van der Waals surface area contributed by atoms with Crippen LogP contribution in [0.4, 0.5) is 5.95 Å². The lowest BCUT2D eigenvalue weighted by Crippen LogP contribution is -2.24. The zero-order valence-electron chi connectivity index (χ0n) is 15.9. The Labute approximate surface area is 159 Å². The van der Waals surface area contributed by atoms with Gasteiger partial charge in [0, 0.05) is 12.2 Å². The summed E-state index contributed by atoms with van der Waals surface area (Å²) >= 11 is 0. The maximum absolute atomic E-state index is 12.5. The summed E-state index contributed by atoms with van der Waals surface area (Å²) in [5, 5.41) is 6.20. The van der Waals surface area contributed by atoms with E-state index in [9.17, 15) is 4.79 Å². The molecule has 0 radical (unpaired) electrons. The molecular formula is C22H24N4O. The van der Waals surface area contributed by atoms with Gasteiger partial charge in [-0.15, -0.1) is 0 Å². The normalized spacial score (nSPS) is 11.7. The first-order valence-electron chi connectivity index (χ1n) is 9.02. The first kappa shape index (κ1) is 18.6. The number of amides is 1. The van der Waals surface area contributed by atoms with Crippen molar-refractivity contribution in [3.63, 3.8) is 0 Å². The van der Waals surface area contributed by atoms with Crippen molar-refractivity contribution in [3.8, 4) is 0 Å². The Morgan fingerprint density at radius 2 is 1.78 bits per heavy atom. The second-order valence-electron chi connectivity index (χ2n) is 6.67. The molecule has 5 nitrogen and oxygen atoms in total. The fraction of sp³-hybridized carbons (Fsp3) is 0.227. The molecule has 0 aliphatic heterocycles. The molecule has 0 spiro atoms. The van der Waals surface area contributed by atoms with Crippen LogP contribution in [0.25, 0.3) is 0 Å². The fourth-order valence-corrected chi connectivity index (χ4v) is 2.86. The van der Waals surface area contributed by atoms with E-state index in [4.69, 9.17) is 0 Å². The van der Waals surface area contributed by atoms with Crippen LogP contribution in [0.15, 0.2) is 60.7 Å². The molecule has 0 saturated carbocycles. The van der Waals surface area contributed by atoms with Crippen LogP contribution < -0.4 is 10.6 Å². The van der Waals surface area contributed by atoms with E-state index in [1.54, 1.807) is 6.07 Å². The molecule has 0 fully saturated rings. The summed E-state index contributed by atoms with van der Waals surface area (Å²) in [4.78, 5) is 21.3. The molecule has 1 amide bonds. The van der Waals surface area contributed by atoms with Crippen molar-refractivity contribution in [2.24, 2.45) is 0 Å². The van der Waals surface area contributed by atoms with Crippen LogP contribution in [0, 0.1) is 13.8 Å². The standard InChI is InChI=1S/C22H24N4O/c1-15-8-7-9-18(12-15)14-23-21(27)20-13-16(2)24-22(26-20)25-17(3)19-10-5-4-6-11-19/h4-13,17H,14H2,1-3H3,(H,23,27)(H,24,25,26). The minimum absolute atomic E-state index is 0.0382. The first-order valence-corrected chi connectivity index (χ1v) is 9.02. The van der Waals surface area contributed by atoms with E-state index in [0.29, 0.717) is 18.2 Å². The van der Waals surface area contributed by atoms with Crippen molar-refractivity contribution in [3.05, 3.63) is 88.7 Å². The Balaban J connectivity index is 1.69. The van der Waals surface area contributed by atoms with E-state index in [1.807, 2.05) is 69.3 Å². The molecular weight excluding hydrogens is 336 g/mol. The molecule has 1 aromatic heterocycles. The number of carbonyl (C=O) groups excluding carboxylic acids is 1. The van der Waals surface area contributed by atoms with Gasteiger partial charge in [-0.25, -0.2) is 9.97 Å². The van der Waals surface area contributed by atoms with Gasteiger partial charge in [0.05, 0.1) is 6.04 Å². The topological polar surface area (TPSA) is 66.9 Å². The maximum Gasteiger partial charge on any atom is 0.270 e. The van der Waals surface area contributed by atoms with Gasteiger partial charge in [-0.3, -0.25) is 4.79 Å². The fourth-order valence-electron chi connectivity index (χ4n) is 2.86. The molecule has 2 aromatic carbocycles. The highest BCUT2D eigenvalue weighted by Crippen LogP contribution is 2.17. The number of nitrogens with zero attached hydrogens (tertiary/aromatic N) is 2. The lowest BCUT2D eigenvalue weighted by molar-refractivity contribution is 0.0945. The van der Waals surface area contributed by atoms with Crippen LogP contribution in [0.1, 0.15) is 45.8 Å². The van der Waals surface area contributed by atoms with E-state index in [2.05, 4.69) is 26.7 Å². The lowest BCUT2D eigenvalue weighted by Gasteiger charge is -2.15. The minimum atomic E-state index is -0.211.